The molecule has 0 saturated carbocycles. The van der Waals surface area contributed by atoms with Crippen LogP contribution in [0.5, 0.6) is 17.2 Å². The molecule has 194 valence electrons. The number of anilines is 1. The Hall–Kier alpha value is -4.04. The summed E-state index contributed by atoms with van der Waals surface area (Å²) in [5.74, 6) is 1.87. The van der Waals surface area contributed by atoms with Gasteiger partial charge in [-0.1, -0.05) is 30.3 Å². The van der Waals surface area contributed by atoms with Gasteiger partial charge in [-0.05, 0) is 80.0 Å². The second-order valence-electron chi connectivity index (χ2n) is 8.98. The Morgan fingerprint density at radius 1 is 0.865 bits per heavy atom. The molecule has 1 aliphatic heterocycles. The Bertz CT molecular complexity index is 1130. The topological polar surface area (TPSA) is 91.9 Å². The number of ether oxygens (including phenoxy) is 2. The van der Waals surface area contributed by atoms with E-state index in [9.17, 15) is 9.59 Å². The van der Waals surface area contributed by atoms with Crippen molar-refractivity contribution in [2.45, 2.75) is 25.3 Å². The molecule has 37 heavy (non-hydrogen) atoms. The fourth-order valence-corrected chi connectivity index (χ4v) is 4.24. The molecule has 1 aliphatic rings. The van der Waals surface area contributed by atoms with Crippen molar-refractivity contribution in [2.24, 2.45) is 0 Å². The number of nitrogens with one attached hydrogen (secondary N) is 3. The van der Waals surface area contributed by atoms with E-state index in [2.05, 4.69) is 20.9 Å². The summed E-state index contributed by atoms with van der Waals surface area (Å²) in [5.41, 5.74) is 1.56. The highest BCUT2D eigenvalue weighted by Gasteiger charge is 2.22. The zero-order valence-electron chi connectivity index (χ0n) is 21.1. The van der Waals surface area contributed by atoms with Crippen molar-refractivity contribution in [3.8, 4) is 17.2 Å². The minimum Gasteiger partial charge on any atom is -0.497 e. The van der Waals surface area contributed by atoms with Crippen LogP contribution in [-0.4, -0.2) is 56.2 Å². The highest BCUT2D eigenvalue weighted by molar-refractivity contribution is 5.93. The van der Waals surface area contributed by atoms with Gasteiger partial charge in [-0.3, -0.25) is 4.79 Å². The molecule has 0 radical (unpaired) electrons. The van der Waals surface area contributed by atoms with Gasteiger partial charge in [0.1, 0.15) is 23.3 Å². The fraction of sp³-hybridized carbons (Fsp3) is 0.310. The maximum atomic E-state index is 13.0. The molecule has 1 saturated heterocycles. The average molecular weight is 503 g/mol. The van der Waals surface area contributed by atoms with Crippen LogP contribution in [0.4, 0.5) is 10.5 Å². The first-order valence-electron chi connectivity index (χ1n) is 12.6. The first-order chi connectivity index (χ1) is 18.1. The van der Waals surface area contributed by atoms with Crippen molar-refractivity contribution in [1.82, 2.24) is 15.5 Å². The summed E-state index contributed by atoms with van der Waals surface area (Å²) in [4.78, 5) is 28.1. The molecule has 1 fully saturated rings. The monoisotopic (exact) mass is 502 g/mol. The van der Waals surface area contributed by atoms with E-state index in [0.717, 1.165) is 30.9 Å². The lowest BCUT2D eigenvalue weighted by Crippen LogP contribution is -2.50. The number of hydrogen-bond acceptors (Lipinski definition) is 5. The lowest BCUT2D eigenvalue weighted by atomic mass is 10.1. The number of methoxy groups -OCH3 is 1. The molecule has 1 unspecified atom stereocenters. The Morgan fingerprint density at radius 2 is 1.49 bits per heavy atom. The summed E-state index contributed by atoms with van der Waals surface area (Å²) in [6.45, 7) is 3.53. The number of nitrogens with zero attached hydrogens (tertiary/aromatic N) is 1. The highest BCUT2D eigenvalue weighted by Crippen LogP contribution is 2.25. The van der Waals surface area contributed by atoms with Crippen LogP contribution in [0.2, 0.25) is 0 Å². The van der Waals surface area contributed by atoms with Crippen LogP contribution in [0.1, 0.15) is 18.4 Å². The number of carbonyl (C=O) groups is 2. The van der Waals surface area contributed by atoms with E-state index < -0.39 is 12.1 Å². The van der Waals surface area contributed by atoms with Gasteiger partial charge in [-0.15, -0.1) is 0 Å². The summed E-state index contributed by atoms with van der Waals surface area (Å²) in [7, 11) is 1.61. The summed E-state index contributed by atoms with van der Waals surface area (Å²) >= 11 is 0. The Labute approximate surface area is 218 Å². The van der Waals surface area contributed by atoms with Crippen molar-refractivity contribution in [1.29, 1.82) is 0 Å². The van der Waals surface area contributed by atoms with Gasteiger partial charge in [0.05, 0.1) is 7.11 Å². The van der Waals surface area contributed by atoms with E-state index in [4.69, 9.17) is 9.47 Å². The summed E-state index contributed by atoms with van der Waals surface area (Å²) in [6, 6.07) is 22.9. The zero-order valence-corrected chi connectivity index (χ0v) is 21.1. The van der Waals surface area contributed by atoms with Crippen LogP contribution >= 0.6 is 0 Å². The smallest absolute Gasteiger partial charge is 0.319 e. The first-order valence-corrected chi connectivity index (χ1v) is 12.6. The van der Waals surface area contributed by atoms with E-state index in [0.29, 0.717) is 30.2 Å². The van der Waals surface area contributed by atoms with E-state index in [1.807, 2.05) is 54.6 Å². The Morgan fingerprint density at radius 3 is 2.14 bits per heavy atom. The summed E-state index contributed by atoms with van der Waals surface area (Å²) in [5, 5.41) is 8.64. The van der Waals surface area contributed by atoms with Crippen molar-refractivity contribution in [3.05, 3.63) is 84.4 Å². The SMILES string of the molecule is COc1ccc(Oc2ccc(NC(=O)NC(Cc3ccccc3)C(=O)NCCN3CCCC3)cc2)cc1. The van der Waals surface area contributed by atoms with Gasteiger partial charge in [0.15, 0.2) is 0 Å². The van der Waals surface area contributed by atoms with Crippen LogP contribution in [0.3, 0.4) is 0 Å². The van der Waals surface area contributed by atoms with Gasteiger partial charge in [0, 0.05) is 25.2 Å². The molecule has 8 heteroatoms. The second kappa shape index (κ2) is 13.3. The van der Waals surface area contributed by atoms with Gasteiger partial charge in [-0.25, -0.2) is 4.79 Å². The molecular formula is C29H34N4O4. The predicted molar refractivity (Wildman–Crippen MR) is 144 cm³/mol. The number of amides is 3. The first kappa shape index (κ1) is 26.0. The third-order valence-electron chi connectivity index (χ3n) is 6.24. The van der Waals surface area contributed by atoms with E-state index in [1.165, 1.54) is 12.8 Å². The molecule has 8 nitrogen and oxygen atoms in total. The Kier molecular flexibility index (Phi) is 9.37. The molecule has 0 bridgehead atoms. The normalized spacial score (nSPS) is 14.0. The second-order valence-corrected chi connectivity index (χ2v) is 8.98. The molecule has 0 spiro atoms. The van der Waals surface area contributed by atoms with E-state index in [1.54, 1.807) is 31.4 Å². The lowest BCUT2D eigenvalue weighted by Gasteiger charge is -2.20. The van der Waals surface area contributed by atoms with Crippen LogP contribution in [0.25, 0.3) is 0 Å². The largest absolute Gasteiger partial charge is 0.497 e. The average Bonchev–Trinajstić information content (AvgIpc) is 3.44. The van der Waals surface area contributed by atoms with Crippen molar-refractivity contribution < 1.29 is 19.1 Å². The molecule has 4 rings (SSSR count). The third-order valence-corrected chi connectivity index (χ3v) is 6.24. The number of hydrogen-bond donors (Lipinski definition) is 3. The molecule has 3 aromatic carbocycles. The van der Waals surface area contributed by atoms with Gasteiger partial charge >= 0.3 is 6.03 Å². The molecular weight excluding hydrogens is 468 g/mol. The lowest BCUT2D eigenvalue weighted by molar-refractivity contribution is -0.122. The maximum absolute atomic E-state index is 13.0. The Balaban J connectivity index is 1.31. The molecule has 0 aliphatic carbocycles. The van der Waals surface area contributed by atoms with E-state index >= 15 is 0 Å². The van der Waals surface area contributed by atoms with Crippen molar-refractivity contribution in [2.75, 3.05) is 38.6 Å². The van der Waals surface area contributed by atoms with Gasteiger partial charge in [0.25, 0.3) is 0 Å². The van der Waals surface area contributed by atoms with Gasteiger partial charge in [0.2, 0.25) is 5.91 Å². The summed E-state index contributed by atoms with van der Waals surface area (Å²) < 4.78 is 11.0. The molecule has 0 aromatic heterocycles. The van der Waals surface area contributed by atoms with Gasteiger partial charge < -0.3 is 30.3 Å². The maximum Gasteiger partial charge on any atom is 0.319 e. The molecule has 3 N–H and O–H groups in total. The van der Waals surface area contributed by atoms with Crippen molar-refractivity contribution in [3.63, 3.8) is 0 Å². The van der Waals surface area contributed by atoms with Crippen LogP contribution < -0.4 is 25.4 Å². The van der Waals surface area contributed by atoms with Gasteiger partial charge in [-0.2, -0.15) is 0 Å². The number of benzene rings is 3. The highest BCUT2D eigenvalue weighted by atomic mass is 16.5. The standard InChI is InChI=1S/C29H34N4O4/c1-36-24-13-15-26(16-14-24)37-25-11-9-23(10-12-25)31-29(35)32-27(21-22-7-3-2-4-8-22)28(34)30-17-20-33-18-5-6-19-33/h2-4,7-16,27H,5-6,17-21H2,1H3,(H,30,34)(H2,31,32,35). The molecule has 1 atom stereocenters. The quantitative estimate of drug-likeness (QED) is 0.361. The van der Waals surface area contributed by atoms with E-state index in [-0.39, 0.29) is 5.91 Å². The fourth-order valence-electron chi connectivity index (χ4n) is 4.24. The molecule has 3 amide bonds. The minimum atomic E-state index is -0.696. The minimum absolute atomic E-state index is 0.193. The molecule has 1 heterocycles. The third kappa shape index (κ3) is 8.25. The number of carbonyl (C=O) groups excluding carboxylic acids is 2. The predicted octanol–water partition coefficient (Wildman–Crippen LogP) is 4.43. The van der Waals surface area contributed by atoms with Crippen LogP contribution in [0, 0.1) is 0 Å². The summed E-state index contributed by atoms with van der Waals surface area (Å²) in [6.07, 6.45) is 2.82. The van der Waals surface area contributed by atoms with Crippen LogP contribution in [0.15, 0.2) is 78.9 Å². The van der Waals surface area contributed by atoms with Crippen molar-refractivity contribution >= 4 is 17.6 Å². The number of likely N-dealkylation sites (tertiary alicyclic amines) is 1. The molecule has 3 aromatic rings. The number of urea groups is 1. The van der Waals surface area contributed by atoms with Crippen LogP contribution in [-0.2, 0) is 11.2 Å². The number of rotatable bonds is 11. The zero-order chi connectivity index (χ0) is 25.9.